The highest BCUT2D eigenvalue weighted by atomic mass is 16.2. The highest BCUT2D eigenvalue weighted by molar-refractivity contribution is 6.34. The molecule has 0 fully saturated rings. The predicted octanol–water partition coefficient (Wildman–Crippen LogP) is 2.89. The summed E-state index contributed by atoms with van der Waals surface area (Å²) < 4.78 is 1.20. The van der Waals surface area contributed by atoms with E-state index < -0.39 is 28.8 Å². The summed E-state index contributed by atoms with van der Waals surface area (Å²) in [7, 11) is 0. The number of hydrogen-bond acceptors (Lipinski definition) is 7. The van der Waals surface area contributed by atoms with Crippen LogP contribution in [0.25, 0.3) is 0 Å². The number of carbonyl (C=O) groups excluding carboxylic acids is 3. The number of anilines is 1. The lowest BCUT2D eigenvalue weighted by Crippen LogP contribution is -2.38. The molecule has 3 aromatic heterocycles. The molecule has 4 aromatic rings. The van der Waals surface area contributed by atoms with E-state index in [1.807, 2.05) is 13.0 Å². The van der Waals surface area contributed by atoms with Crippen LogP contribution < -0.4 is 16.1 Å². The zero-order chi connectivity index (χ0) is 28.0. The average Bonchev–Trinajstić information content (AvgIpc) is 3.14. The quantitative estimate of drug-likeness (QED) is 0.303. The molecule has 1 aliphatic heterocycles. The van der Waals surface area contributed by atoms with E-state index in [9.17, 15) is 24.0 Å². The van der Waals surface area contributed by atoms with Gasteiger partial charge in [-0.1, -0.05) is 19.1 Å². The number of aromatic amines is 1. The van der Waals surface area contributed by atoms with E-state index in [-0.39, 0.29) is 46.9 Å². The Morgan fingerprint density at radius 1 is 0.872 bits per heavy atom. The number of nitrogens with zero attached hydrogens (tertiary/aromatic N) is 4. The van der Waals surface area contributed by atoms with Crippen molar-refractivity contribution in [1.29, 1.82) is 0 Å². The summed E-state index contributed by atoms with van der Waals surface area (Å²) in [4.78, 5) is 77.6. The van der Waals surface area contributed by atoms with Crippen LogP contribution in [0.1, 0.15) is 71.9 Å². The molecule has 10 nitrogen and oxygen atoms in total. The van der Waals surface area contributed by atoms with Gasteiger partial charge in [0, 0.05) is 17.0 Å². The van der Waals surface area contributed by atoms with Crippen molar-refractivity contribution in [1.82, 2.24) is 19.5 Å². The largest absolute Gasteiger partial charge is 0.329 e. The number of ketones is 1. The van der Waals surface area contributed by atoms with Crippen LogP contribution in [0, 0.1) is 20.8 Å². The number of hydrogen-bond donors (Lipinski definition) is 1. The van der Waals surface area contributed by atoms with E-state index in [1.165, 1.54) is 10.6 Å². The maximum Gasteiger partial charge on any atom is 0.329 e. The molecule has 39 heavy (non-hydrogen) atoms. The van der Waals surface area contributed by atoms with Gasteiger partial charge in [0.25, 0.3) is 17.4 Å². The van der Waals surface area contributed by atoms with Crippen LogP contribution in [0.15, 0.2) is 58.1 Å². The Bertz CT molecular complexity index is 1760. The summed E-state index contributed by atoms with van der Waals surface area (Å²) in [5.41, 5.74) is 1.85. The Morgan fingerprint density at radius 3 is 2.13 bits per heavy atom. The van der Waals surface area contributed by atoms with Crippen molar-refractivity contribution >= 4 is 23.4 Å². The molecule has 1 N–H and O–H groups in total. The molecular weight excluding hydrogens is 498 g/mol. The van der Waals surface area contributed by atoms with Crippen molar-refractivity contribution in [3.8, 4) is 0 Å². The minimum absolute atomic E-state index is 0.0551. The van der Waals surface area contributed by atoms with Crippen LogP contribution >= 0.6 is 0 Å². The molecule has 0 radical (unpaired) electrons. The van der Waals surface area contributed by atoms with Crippen molar-refractivity contribution in [3.63, 3.8) is 0 Å². The van der Waals surface area contributed by atoms with Crippen LogP contribution in [0.3, 0.4) is 0 Å². The van der Waals surface area contributed by atoms with Crippen LogP contribution in [0.5, 0.6) is 0 Å². The van der Waals surface area contributed by atoms with Gasteiger partial charge < -0.3 is 0 Å². The van der Waals surface area contributed by atoms with Crippen molar-refractivity contribution < 1.29 is 14.4 Å². The molecular formula is C29H25N5O5. The highest BCUT2D eigenvalue weighted by Crippen LogP contribution is 2.28. The topological polar surface area (TPSA) is 135 Å². The van der Waals surface area contributed by atoms with E-state index >= 15 is 0 Å². The number of aryl methyl sites for hydroxylation is 3. The Kier molecular flexibility index (Phi) is 6.39. The summed E-state index contributed by atoms with van der Waals surface area (Å²) in [6, 6.07) is 13.2. The molecule has 0 unspecified atom stereocenters. The van der Waals surface area contributed by atoms with Gasteiger partial charge in [0.15, 0.2) is 0 Å². The van der Waals surface area contributed by atoms with Gasteiger partial charge in [-0.25, -0.2) is 19.7 Å². The van der Waals surface area contributed by atoms with Gasteiger partial charge in [0.1, 0.15) is 17.2 Å². The van der Waals surface area contributed by atoms with Gasteiger partial charge >= 0.3 is 5.69 Å². The summed E-state index contributed by atoms with van der Waals surface area (Å²) in [5, 5.41) is 0. The van der Waals surface area contributed by atoms with E-state index in [4.69, 9.17) is 0 Å². The first-order valence-electron chi connectivity index (χ1n) is 12.4. The molecule has 2 amide bonds. The third-order valence-electron chi connectivity index (χ3n) is 6.56. The number of H-pyrrole nitrogens is 1. The average molecular weight is 524 g/mol. The molecule has 0 saturated heterocycles. The molecule has 0 atom stereocenters. The van der Waals surface area contributed by atoms with Gasteiger partial charge in [-0.2, -0.15) is 0 Å². The molecule has 196 valence electrons. The number of pyridine rings is 2. The Labute approximate surface area is 223 Å². The van der Waals surface area contributed by atoms with E-state index in [1.54, 1.807) is 57.2 Å². The molecule has 10 heteroatoms. The fourth-order valence-corrected chi connectivity index (χ4v) is 4.94. The van der Waals surface area contributed by atoms with Crippen LogP contribution in [0.4, 0.5) is 5.82 Å². The predicted molar refractivity (Wildman–Crippen MR) is 144 cm³/mol. The first-order valence-corrected chi connectivity index (χ1v) is 12.4. The molecule has 0 spiro atoms. The first-order chi connectivity index (χ1) is 18.6. The smallest absolute Gasteiger partial charge is 0.285 e. The maximum absolute atomic E-state index is 13.7. The molecule has 4 heterocycles. The maximum atomic E-state index is 13.7. The Balaban J connectivity index is 1.62. The lowest BCUT2D eigenvalue weighted by atomic mass is 10.0. The van der Waals surface area contributed by atoms with Crippen LogP contribution in [-0.4, -0.2) is 37.1 Å². The van der Waals surface area contributed by atoms with Gasteiger partial charge in [0.2, 0.25) is 5.78 Å². The van der Waals surface area contributed by atoms with Crippen molar-refractivity contribution in [3.05, 3.63) is 120 Å². The minimum atomic E-state index is -0.762. The summed E-state index contributed by atoms with van der Waals surface area (Å²) in [6.45, 7) is 6.90. The zero-order valence-electron chi connectivity index (χ0n) is 21.9. The lowest BCUT2D eigenvalue weighted by Gasteiger charge is -2.18. The molecule has 1 aromatic carbocycles. The van der Waals surface area contributed by atoms with Crippen molar-refractivity contribution in [2.24, 2.45) is 0 Å². The number of fused-ring (bicyclic) bond motifs is 1. The standard InChI is InChI=1S/C29H25N5O5/c1-5-19-24(25(35)22-11-15(2)10-16(3)30-22)33(29(39)32-26(19)36)14-18-12-17(4)31-23(13-18)34-27(37)20-8-6-7-9-21(20)28(34)38/h6-13H,5,14H2,1-4H3,(H,32,36,39). The summed E-state index contributed by atoms with van der Waals surface area (Å²) >= 11 is 0. The van der Waals surface area contributed by atoms with E-state index in [2.05, 4.69) is 15.0 Å². The van der Waals surface area contributed by atoms with Gasteiger partial charge in [-0.15, -0.1) is 0 Å². The van der Waals surface area contributed by atoms with Gasteiger partial charge in [-0.3, -0.25) is 28.7 Å². The number of carbonyl (C=O) groups is 3. The molecule has 0 saturated carbocycles. The third-order valence-corrected chi connectivity index (χ3v) is 6.56. The second-order valence-corrected chi connectivity index (χ2v) is 9.49. The number of aromatic nitrogens is 4. The van der Waals surface area contributed by atoms with E-state index in [0.29, 0.717) is 17.0 Å². The van der Waals surface area contributed by atoms with Crippen LogP contribution in [0.2, 0.25) is 0 Å². The zero-order valence-corrected chi connectivity index (χ0v) is 21.9. The Morgan fingerprint density at radius 2 is 1.51 bits per heavy atom. The Hall–Kier alpha value is -4.99. The SMILES string of the molecule is CCc1c(C(=O)c2cc(C)cc(C)n2)n(Cc2cc(C)nc(N3C(=O)c4ccccc4C3=O)c2)c(=O)[nH]c1=O. The normalized spacial score (nSPS) is 12.7. The number of nitrogens with one attached hydrogen (secondary N) is 1. The number of benzene rings is 1. The van der Waals surface area contributed by atoms with Crippen LogP contribution in [-0.2, 0) is 13.0 Å². The number of imide groups is 1. The van der Waals surface area contributed by atoms with Crippen molar-refractivity contribution in [2.75, 3.05) is 4.90 Å². The van der Waals surface area contributed by atoms with E-state index in [0.717, 1.165) is 10.5 Å². The second-order valence-electron chi connectivity index (χ2n) is 9.49. The molecule has 0 aliphatic carbocycles. The minimum Gasteiger partial charge on any atom is -0.285 e. The fraction of sp³-hybridized carbons (Fsp3) is 0.207. The molecule has 5 rings (SSSR count). The first kappa shape index (κ1) is 25.7. The fourth-order valence-electron chi connectivity index (χ4n) is 4.94. The monoisotopic (exact) mass is 523 g/mol. The van der Waals surface area contributed by atoms with Crippen molar-refractivity contribution in [2.45, 2.75) is 40.7 Å². The third kappa shape index (κ3) is 4.50. The summed E-state index contributed by atoms with van der Waals surface area (Å²) in [5.74, 6) is -1.43. The molecule has 0 bridgehead atoms. The lowest BCUT2D eigenvalue weighted by molar-refractivity contribution is 0.0924. The highest BCUT2D eigenvalue weighted by Gasteiger charge is 2.37. The molecule has 1 aliphatic rings. The number of rotatable bonds is 6. The van der Waals surface area contributed by atoms with Gasteiger partial charge in [-0.05, 0) is 74.7 Å². The summed E-state index contributed by atoms with van der Waals surface area (Å²) in [6.07, 6.45) is 0.206. The number of amides is 2. The second kappa shape index (κ2) is 9.71. The van der Waals surface area contributed by atoms with Gasteiger partial charge in [0.05, 0.1) is 17.7 Å².